The highest BCUT2D eigenvalue weighted by atomic mass is 79.9. The van der Waals surface area contributed by atoms with E-state index in [-0.39, 0.29) is 17.6 Å². The Morgan fingerprint density at radius 1 is 1.48 bits per heavy atom. The van der Waals surface area contributed by atoms with E-state index in [1.54, 1.807) is 21.7 Å². The Morgan fingerprint density at radius 3 is 2.86 bits per heavy atom. The molecule has 1 amide bonds. The first-order valence-electron chi connectivity index (χ1n) is 7.09. The Bertz CT molecular complexity index is 577. The number of ether oxygens (including phenoxy) is 1. The standard InChI is InChI=1S/C15H21BrN2O3/c1-15(2,3)21-14(20)18-8-6-11(10-18)9-17-7-4-5-12(16)13(17)19/h4-5,7,11H,6,8-10H2,1-3H3. The summed E-state index contributed by atoms with van der Waals surface area (Å²) in [4.78, 5) is 25.7. The van der Waals surface area contributed by atoms with Crippen LogP contribution < -0.4 is 5.56 Å². The van der Waals surface area contributed by atoms with Gasteiger partial charge in [-0.3, -0.25) is 4.79 Å². The van der Waals surface area contributed by atoms with Crippen molar-refractivity contribution in [1.29, 1.82) is 0 Å². The fraction of sp³-hybridized carbons (Fsp3) is 0.600. The van der Waals surface area contributed by atoms with E-state index in [1.807, 2.05) is 26.8 Å². The average molecular weight is 357 g/mol. The third kappa shape index (κ3) is 4.33. The lowest BCUT2D eigenvalue weighted by Gasteiger charge is -2.24. The molecule has 5 nitrogen and oxygen atoms in total. The van der Waals surface area contributed by atoms with Gasteiger partial charge in [0.2, 0.25) is 0 Å². The topological polar surface area (TPSA) is 51.5 Å². The average Bonchev–Trinajstić information content (AvgIpc) is 2.82. The number of rotatable bonds is 2. The third-order valence-electron chi connectivity index (χ3n) is 3.37. The third-order valence-corrected chi connectivity index (χ3v) is 3.97. The Labute approximate surface area is 133 Å². The van der Waals surface area contributed by atoms with Crippen LogP contribution in [0, 0.1) is 5.92 Å². The first-order chi connectivity index (χ1) is 9.76. The lowest BCUT2D eigenvalue weighted by atomic mass is 10.1. The van der Waals surface area contributed by atoms with Gasteiger partial charge in [0.25, 0.3) is 5.56 Å². The lowest BCUT2D eigenvalue weighted by molar-refractivity contribution is 0.0287. The number of nitrogens with zero attached hydrogens (tertiary/aromatic N) is 2. The molecular weight excluding hydrogens is 336 g/mol. The van der Waals surface area contributed by atoms with Crippen LogP contribution in [0.4, 0.5) is 4.79 Å². The summed E-state index contributed by atoms with van der Waals surface area (Å²) in [7, 11) is 0. The largest absolute Gasteiger partial charge is 0.444 e. The predicted octanol–water partition coefficient (Wildman–Crippen LogP) is 2.87. The van der Waals surface area contributed by atoms with Gasteiger partial charge in [0.15, 0.2) is 0 Å². The van der Waals surface area contributed by atoms with Crippen LogP contribution in [0.25, 0.3) is 0 Å². The van der Waals surface area contributed by atoms with Crippen LogP contribution in [0.5, 0.6) is 0 Å². The molecule has 1 aliphatic rings. The molecule has 1 aliphatic heterocycles. The van der Waals surface area contributed by atoms with Gasteiger partial charge in [-0.05, 0) is 61.2 Å². The lowest BCUT2D eigenvalue weighted by Crippen LogP contribution is -2.35. The van der Waals surface area contributed by atoms with Gasteiger partial charge in [-0.1, -0.05) is 0 Å². The summed E-state index contributed by atoms with van der Waals surface area (Å²) < 4.78 is 7.62. The molecule has 21 heavy (non-hydrogen) atoms. The molecule has 1 atom stereocenters. The number of hydrogen-bond acceptors (Lipinski definition) is 3. The van der Waals surface area contributed by atoms with Gasteiger partial charge in [0.05, 0.1) is 4.47 Å². The predicted molar refractivity (Wildman–Crippen MR) is 84.3 cm³/mol. The summed E-state index contributed by atoms with van der Waals surface area (Å²) in [5, 5.41) is 0. The van der Waals surface area contributed by atoms with Crippen LogP contribution in [0.3, 0.4) is 0 Å². The van der Waals surface area contributed by atoms with Crippen LogP contribution in [-0.4, -0.2) is 34.3 Å². The van der Waals surface area contributed by atoms with Crippen LogP contribution in [0.1, 0.15) is 27.2 Å². The maximum absolute atomic E-state index is 12.0. The molecule has 2 heterocycles. The van der Waals surface area contributed by atoms with Gasteiger partial charge in [-0.2, -0.15) is 0 Å². The van der Waals surface area contributed by atoms with Crippen molar-refractivity contribution < 1.29 is 9.53 Å². The van der Waals surface area contributed by atoms with E-state index < -0.39 is 5.60 Å². The quantitative estimate of drug-likeness (QED) is 0.818. The highest BCUT2D eigenvalue weighted by Crippen LogP contribution is 2.20. The zero-order valence-electron chi connectivity index (χ0n) is 12.6. The van der Waals surface area contributed by atoms with Crippen LogP contribution >= 0.6 is 15.9 Å². The van der Waals surface area contributed by atoms with Gasteiger partial charge >= 0.3 is 6.09 Å². The maximum Gasteiger partial charge on any atom is 0.410 e. The van der Waals surface area contributed by atoms with Gasteiger partial charge in [-0.15, -0.1) is 0 Å². The molecule has 6 heteroatoms. The van der Waals surface area contributed by atoms with Gasteiger partial charge in [0.1, 0.15) is 5.60 Å². The minimum absolute atomic E-state index is 0.0341. The summed E-state index contributed by atoms with van der Waals surface area (Å²) >= 11 is 3.25. The molecule has 1 aromatic heterocycles. The molecule has 1 unspecified atom stereocenters. The zero-order valence-corrected chi connectivity index (χ0v) is 14.2. The highest BCUT2D eigenvalue weighted by molar-refractivity contribution is 9.10. The van der Waals surface area contributed by atoms with Crippen molar-refractivity contribution >= 4 is 22.0 Å². The van der Waals surface area contributed by atoms with Crippen molar-refractivity contribution in [2.75, 3.05) is 13.1 Å². The number of halogens is 1. The number of amides is 1. The van der Waals surface area contributed by atoms with Gasteiger partial charge in [0, 0.05) is 25.8 Å². The van der Waals surface area contributed by atoms with Gasteiger partial charge in [-0.25, -0.2) is 4.79 Å². The van der Waals surface area contributed by atoms with E-state index in [0.717, 1.165) is 6.42 Å². The summed E-state index contributed by atoms with van der Waals surface area (Å²) in [5.41, 5.74) is -0.510. The van der Waals surface area contributed by atoms with Crippen molar-refractivity contribution in [3.63, 3.8) is 0 Å². The fourth-order valence-electron chi connectivity index (χ4n) is 2.40. The molecular formula is C15H21BrN2O3. The maximum atomic E-state index is 12.0. The van der Waals surface area contributed by atoms with Crippen molar-refractivity contribution in [3.05, 3.63) is 33.2 Å². The molecule has 116 valence electrons. The molecule has 0 spiro atoms. The SMILES string of the molecule is CC(C)(C)OC(=O)N1CCC(Cn2cccc(Br)c2=O)C1. The molecule has 0 bridgehead atoms. The molecule has 2 rings (SSSR count). The van der Waals surface area contributed by atoms with Crippen LogP contribution in [0.2, 0.25) is 0 Å². The Morgan fingerprint density at radius 2 is 2.19 bits per heavy atom. The number of hydrogen-bond donors (Lipinski definition) is 0. The Kier molecular flexibility index (Phi) is 4.76. The molecule has 1 saturated heterocycles. The van der Waals surface area contributed by atoms with E-state index in [0.29, 0.717) is 24.1 Å². The van der Waals surface area contributed by atoms with E-state index in [4.69, 9.17) is 4.74 Å². The number of pyridine rings is 1. The highest BCUT2D eigenvalue weighted by Gasteiger charge is 2.29. The first kappa shape index (κ1) is 16.1. The first-order valence-corrected chi connectivity index (χ1v) is 7.88. The van der Waals surface area contributed by atoms with E-state index >= 15 is 0 Å². The van der Waals surface area contributed by atoms with E-state index in [1.165, 1.54) is 0 Å². The molecule has 0 aromatic carbocycles. The smallest absolute Gasteiger partial charge is 0.410 e. The van der Waals surface area contributed by atoms with Gasteiger partial charge < -0.3 is 14.2 Å². The second-order valence-corrected chi connectivity index (χ2v) is 7.25. The van der Waals surface area contributed by atoms with Crippen LogP contribution in [-0.2, 0) is 11.3 Å². The minimum Gasteiger partial charge on any atom is -0.444 e. The molecule has 0 N–H and O–H groups in total. The normalized spacial score (nSPS) is 18.9. The van der Waals surface area contributed by atoms with Crippen molar-refractivity contribution in [2.24, 2.45) is 5.92 Å². The summed E-state index contributed by atoms with van der Waals surface area (Å²) in [6.07, 6.45) is 2.40. The summed E-state index contributed by atoms with van der Waals surface area (Å²) in [6, 6.07) is 3.58. The molecule has 0 aliphatic carbocycles. The number of carbonyl (C=O) groups is 1. The van der Waals surface area contributed by atoms with Crippen molar-refractivity contribution in [2.45, 2.75) is 39.3 Å². The monoisotopic (exact) mass is 356 g/mol. The number of carbonyl (C=O) groups excluding carboxylic acids is 1. The molecule has 0 radical (unpaired) electrons. The number of likely N-dealkylation sites (tertiary alicyclic amines) is 1. The Hall–Kier alpha value is -1.30. The zero-order chi connectivity index (χ0) is 15.6. The van der Waals surface area contributed by atoms with E-state index in [2.05, 4.69) is 15.9 Å². The fourth-order valence-corrected chi connectivity index (χ4v) is 2.78. The summed E-state index contributed by atoms with van der Waals surface area (Å²) in [6.45, 7) is 7.52. The number of aromatic nitrogens is 1. The van der Waals surface area contributed by atoms with Crippen molar-refractivity contribution in [1.82, 2.24) is 9.47 Å². The van der Waals surface area contributed by atoms with Crippen molar-refractivity contribution in [3.8, 4) is 0 Å². The van der Waals surface area contributed by atoms with Crippen LogP contribution in [0.15, 0.2) is 27.6 Å². The second-order valence-electron chi connectivity index (χ2n) is 6.39. The Balaban J connectivity index is 1.95. The molecule has 1 fully saturated rings. The van der Waals surface area contributed by atoms with E-state index in [9.17, 15) is 9.59 Å². The molecule has 0 saturated carbocycles. The second kappa shape index (κ2) is 6.22. The minimum atomic E-state index is -0.476. The molecule has 1 aromatic rings. The summed E-state index contributed by atoms with van der Waals surface area (Å²) in [5.74, 6) is 0.282.